The lowest BCUT2D eigenvalue weighted by atomic mass is 10.1. The molecular weight excluding hydrogens is 264 g/mol. The summed E-state index contributed by atoms with van der Waals surface area (Å²) in [6.45, 7) is 1.80. The number of rotatable bonds is 4. The molecule has 0 bridgehead atoms. The fourth-order valence-electron chi connectivity index (χ4n) is 3.04. The first kappa shape index (κ1) is 14.8. The van der Waals surface area contributed by atoms with Crippen LogP contribution in [0.15, 0.2) is 0 Å². The zero-order chi connectivity index (χ0) is 13.9. The van der Waals surface area contributed by atoms with Crippen LogP contribution in [0.3, 0.4) is 0 Å². The minimum absolute atomic E-state index is 0.188. The van der Waals surface area contributed by atoms with Crippen LogP contribution in [-0.4, -0.2) is 56.4 Å². The summed E-state index contributed by atoms with van der Waals surface area (Å²) >= 11 is 0. The SMILES string of the molecule is CN(C(=O)CS(=O)(=O)C1CCCC1)C1CCNCC1. The van der Waals surface area contributed by atoms with E-state index in [9.17, 15) is 13.2 Å². The number of nitrogens with zero attached hydrogens (tertiary/aromatic N) is 1. The molecule has 0 aromatic carbocycles. The Kier molecular flexibility index (Phi) is 4.84. The molecule has 0 atom stereocenters. The first-order valence-corrected chi connectivity index (χ1v) is 8.90. The van der Waals surface area contributed by atoms with Gasteiger partial charge in [0, 0.05) is 13.1 Å². The summed E-state index contributed by atoms with van der Waals surface area (Å²) in [5, 5.41) is 2.97. The number of piperidine rings is 1. The highest BCUT2D eigenvalue weighted by Gasteiger charge is 2.32. The predicted octanol–water partition coefficient (Wildman–Crippen LogP) is 0.554. The van der Waals surface area contributed by atoms with Gasteiger partial charge in [-0.05, 0) is 38.8 Å². The van der Waals surface area contributed by atoms with E-state index in [1.165, 1.54) is 0 Å². The number of hydrogen-bond donors (Lipinski definition) is 1. The van der Waals surface area contributed by atoms with Crippen molar-refractivity contribution < 1.29 is 13.2 Å². The van der Waals surface area contributed by atoms with Crippen LogP contribution in [0.25, 0.3) is 0 Å². The number of hydrogen-bond acceptors (Lipinski definition) is 4. The third-order valence-corrected chi connectivity index (χ3v) is 6.52. The molecule has 1 amide bonds. The second-order valence-corrected chi connectivity index (χ2v) is 7.98. The van der Waals surface area contributed by atoms with Crippen LogP contribution in [0.1, 0.15) is 38.5 Å². The van der Waals surface area contributed by atoms with Gasteiger partial charge in [0.25, 0.3) is 0 Å². The van der Waals surface area contributed by atoms with Crippen molar-refractivity contribution in [2.45, 2.75) is 49.8 Å². The molecule has 19 heavy (non-hydrogen) atoms. The Morgan fingerprint density at radius 1 is 1.16 bits per heavy atom. The van der Waals surface area contributed by atoms with Crippen molar-refractivity contribution in [1.82, 2.24) is 10.2 Å². The predicted molar refractivity (Wildman–Crippen MR) is 74.7 cm³/mol. The van der Waals surface area contributed by atoms with E-state index in [0.29, 0.717) is 0 Å². The second-order valence-electron chi connectivity index (χ2n) is 5.70. The molecule has 1 N–H and O–H groups in total. The van der Waals surface area contributed by atoms with E-state index < -0.39 is 9.84 Å². The summed E-state index contributed by atoms with van der Waals surface area (Å²) < 4.78 is 24.3. The van der Waals surface area contributed by atoms with Crippen LogP contribution < -0.4 is 5.32 Å². The standard InChI is InChI=1S/C13H24N2O3S/c1-15(11-6-8-14-9-7-11)13(16)10-19(17,18)12-4-2-3-5-12/h11-12,14H,2-10H2,1H3. The van der Waals surface area contributed by atoms with E-state index in [-0.39, 0.29) is 23.0 Å². The van der Waals surface area contributed by atoms with Crippen LogP contribution >= 0.6 is 0 Å². The van der Waals surface area contributed by atoms with Gasteiger partial charge in [-0.15, -0.1) is 0 Å². The molecule has 2 rings (SSSR count). The van der Waals surface area contributed by atoms with Crippen LogP contribution in [0.4, 0.5) is 0 Å². The third kappa shape index (κ3) is 3.69. The van der Waals surface area contributed by atoms with Gasteiger partial charge in [-0.2, -0.15) is 0 Å². The molecule has 0 unspecified atom stereocenters. The van der Waals surface area contributed by atoms with Crippen molar-refractivity contribution >= 4 is 15.7 Å². The normalized spacial score (nSPS) is 22.6. The van der Waals surface area contributed by atoms with Crippen LogP contribution in [0.5, 0.6) is 0 Å². The maximum absolute atomic E-state index is 12.2. The van der Waals surface area contributed by atoms with Gasteiger partial charge in [0.05, 0.1) is 5.25 Å². The molecule has 0 aromatic rings. The van der Waals surface area contributed by atoms with Crippen LogP contribution in [-0.2, 0) is 14.6 Å². The van der Waals surface area contributed by atoms with E-state index in [0.717, 1.165) is 51.6 Å². The molecule has 0 radical (unpaired) electrons. The molecule has 1 aliphatic heterocycles. The van der Waals surface area contributed by atoms with Gasteiger partial charge in [-0.25, -0.2) is 8.42 Å². The monoisotopic (exact) mass is 288 g/mol. The lowest BCUT2D eigenvalue weighted by Crippen LogP contribution is -2.46. The van der Waals surface area contributed by atoms with E-state index in [1.54, 1.807) is 11.9 Å². The first-order valence-electron chi connectivity index (χ1n) is 7.18. The van der Waals surface area contributed by atoms with Crippen molar-refractivity contribution in [3.8, 4) is 0 Å². The van der Waals surface area contributed by atoms with Gasteiger partial charge >= 0.3 is 0 Å². The van der Waals surface area contributed by atoms with Crippen molar-refractivity contribution in [1.29, 1.82) is 0 Å². The lowest BCUT2D eigenvalue weighted by Gasteiger charge is -2.31. The fraction of sp³-hybridized carbons (Fsp3) is 0.923. The molecule has 5 nitrogen and oxygen atoms in total. The molecule has 6 heteroatoms. The average molecular weight is 288 g/mol. The highest BCUT2D eigenvalue weighted by Crippen LogP contribution is 2.25. The minimum Gasteiger partial charge on any atom is -0.342 e. The molecule has 2 fully saturated rings. The maximum Gasteiger partial charge on any atom is 0.237 e. The summed E-state index contributed by atoms with van der Waals surface area (Å²) in [5.41, 5.74) is 0. The van der Waals surface area contributed by atoms with Crippen molar-refractivity contribution in [2.24, 2.45) is 0 Å². The number of nitrogens with one attached hydrogen (secondary N) is 1. The Bertz CT molecular complexity index is 410. The Morgan fingerprint density at radius 3 is 2.32 bits per heavy atom. The molecular formula is C13H24N2O3S. The van der Waals surface area contributed by atoms with Gasteiger partial charge in [0.2, 0.25) is 5.91 Å². The van der Waals surface area contributed by atoms with Gasteiger partial charge in [-0.1, -0.05) is 12.8 Å². The van der Waals surface area contributed by atoms with Crippen LogP contribution in [0, 0.1) is 0 Å². The Morgan fingerprint density at radius 2 is 1.74 bits per heavy atom. The Hall–Kier alpha value is -0.620. The zero-order valence-corrected chi connectivity index (χ0v) is 12.4. The van der Waals surface area contributed by atoms with Crippen molar-refractivity contribution in [2.75, 3.05) is 25.9 Å². The van der Waals surface area contributed by atoms with Crippen molar-refractivity contribution in [3.63, 3.8) is 0 Å². The molecule has 2 aliphatic rings. The van der Waals surface area contributed by atoms with E-state index >= 15 is 0 Å². The summed E-state index contributed by atoms with van der Waals surface area (Å²) in [4.78, 5) is 13.8. The largest absolute Gasteiger partial charge is 0.342 e. The van der Waals surface area contributed by atoms with Crippen LogP contribution in [0.2, 0.25) is 0 Å². The highest BCUT2D eigenvalue weighted by atomic mass is 32.2. The number of carbonyl (C=O) groups excluding carboxylic acids is 1. The summed E-state index contributed by atoms with van der Waals surface area (Å²) in [5.74, 6) is -0.545. The number of sulfone groups is 1. The highest BCUT2D eigenvalue weighted by molar-refractivity contribution is 7.92. The first-order chi connectivity index (χ1) is 9.00. The number of amides is 1. The maximum atomic E-state index is 12.2. The topological polar surface area (TPSA) is 66.5 Å². The lowest BCUT2D eigenvalue weighted by molar-refractivity contribution is -0.129. The molecule has 1 saturated heterocycles. The minimum atomic E-state index is -3.25. The molecule has 1 heterocycles. The molecule has 110 valence electrons. The average Bonchev–Trinajstić information content (AvgIpc) is 2.93. The van der Waals surface area contributed by atoms with Gasteiger partial charge < -0.3 is 10.2 Å². The van der Waals surface area contributed by atoms with Gasteiger partial charge in [-0.3, -0.25) is 4.79 Å². The summed E-state index contributed by atoms with van der Waals surface area (Å²) in [6, 6.07) is 0.188. The Labute approximate surface area is 115 Å². The van der Waals surface area contributed by atoms with Gasteiger partial charge in [0.1, 0.15) is 5.75 Å². The quantitative estimate of drug-likeness (QED) is 0.820. The van der Waals surface area contributed by atoms with Crippen molar-refractivity contribution in [3.05, 3.63) is 0 Å². The molecule has 1 aliphatic carbocycles. The Balaban J connectivity index is 1.92. The van der Waals surface area contributed by atoms with Gasteiger partial charge in [0.15, 0.2) is 9.84 Å². The van der Waals surface area contributed by atoms with E-state index in [4.69, 9.17) is 0 Å². The summed E-state index contributed by atoms with van der Waals surface area (Å²) in [6.07, 6.45) is 5.22. The second kappa shape index (κ2) is 6.22. The molecule has 0 spiro atoms. The smallest absolute Gasteiger partial charge is 0.237 e. The summed E-state index contributed by atoms with van der Waals surface area (Å²) in [7, 11) is -1.51. The molecule has 0 aromatic heterocycles. The zero-order valence-electron chi connectivity index (χ0n) is 11.6. The third-order valence-electron chi connectivity index (χ3n) is 4.38. The van der Waals surface area contributed by atoms with E-state index in [1.807, 2.05) is 0 Å². The molecule has 1 saturated carbocycles. The fourth-order valence-corrected chi connectivity index (χ4v) is 4.87. The number of carbonyl (C=O) groups is 1. The van der Waals surface area contributed by atoms with E-state index in [2.05, 4.69) is 5.32 Å².